The van der Waals surface area contributed by atoms with Crippen molar-refractivity contribution in [2.45, 2.75) is 19.4 Å². The number of para-hydroxylation sites is 1. The molecule has 1 N–H and O–H groups in total. The SMILES string of the molecule is CCC(C(=O)N1CCOCC1)n1c2ccccc2c2cn[nH]c(=O)c21. The molecule has 0 aliphatic carbocycles. The first-order valence-electron chi connectivity index (χ1n) is 8.55. The Balaban J connectivity index is 1.93. The van der Waals surface area contributed by atoms with Crippen molar-refractivity contribution in [1.82, 2.24) is 19.7 Å². The highest BCUT2D eigenvalue weighted by atomic mass is 16.5. The highest BCUT2D eigenvalue weighted by Gasteiger charge is 2.29. The lowest BCUT2D eigenvalue weighted by Gasteiger charge is -2.31. The molecule has 1 fully saturated rings. The lowest BCUT2D eigenvalue weighted by molar-refractivity contribution is -0.138. The largest absolute Gasteiger partial charge is 0.378 e. The Morgan fingerprint density at radius 3 is 2.80 bits per heavy atom. The number of carbonyl (C=O) groups is 1. The zero-order valence-corrected chi connectivity index (χ0v) is 14.1. The molecule has 0 radical (unpaired) electrons. The van der Waals surface area contributed by atoms with Crippen LogP contribution in [0.3, 0.4) is 0 Å². The van der Waals surface area contributed by atoms with Gasteiger partial charge in [-0.05, 0) is 12.5 Å². The molecule has 1 aliphatic heterocycles. The van der Waals surface area contributed by atoms with Gasteiger partial charge in [-0.15, -0.1) is 0 Å². The Morgan fingerprint density at radius 2 is 2.04 bits per heavy atom. The number of rotatable bonds is 3. The summed E-state index contributed by atoms with van der Waals surface area (Å²) >= 11 is 0. The van der Waals surface area contributed by atoms with Gasteiger partial charge in [-0.2, -0.15) is 5.10 Å². The van der Waals surface area contributed by atoms with Crippen molar-refractivity contribution < 1.29 is 9.53 Å². The van der Waals surface area contributed by atoms with Gasteiger partial charge in [-0.25, -0.2) is 5.10 Å². The Morgan fingerprint density at radius 1 is 1.28 bits per heavy atom. The maximum absolute atomic E-state index is 13.1. The Hall–Kier alpha value is -2.67. The smallest absolute Gasteiger partial charge is 0.288 e. The van der Waals surface area contributed by atoms with E-state index in [2.05, 4.69) is 10.2 Å². The molecule has 0 spiro atoms. The number of ether oxygens (including phenoxy) is 1. The summed E-state index contributed by atoms with van der Waals surface area (Å²) < 4.78 is 7.23. The van der Waals surface area contributed by atoms with Crippen LogP contribution in [-0.4, -0.2) is 51.9 Å². The summed E-state index contributed by atoms with van der Waals surface area (Å²) in [6.45, 7) is 4.26. The van der Waals surface area contributed by atoms with Crippen LogP contribution in [0, 0.1) is 0 Å². The monoisotopic (exact) mass is 340 g/mol. The molecule has 1 aromatic carbocycles. The molecule has 0 bridgehead atoms. The van der Waals surface area contributed by atoms with E-state index in [-0.39, 0.29) is 11.5 Å². The molecule has 25 heavy (non-hydrogen) atoms. The van der Waals surface area contributed by atoms with Crippen molar-refractivity contribution in [3.63, 3.8) is 0 Å². The number of aromatic amines is 1. The number of amides is 1. The highest BCUT2D eigenvalue weighted by molar-refractivity contribution is 6.08. The minimum atomic E-state index is -0.427. The van der Waals surface area contributed by atoms with Gasteiger partial charge < -0.3 is 14.2 Å². The van der Waals surface area contributed by atoms with Gasteiger partial charge in [0.25, 0.3) is 5.56 Å². The normalized spacial score (nSPS) is 16.4. The van der Waals surface area contributed by atoms with Gasteiger partial charge in [0.2, 0.25) is 5.91 Å². The third kappa shape index (κ3) is 2.51. The number of H-pyrrole nitrogens is 1. The van der Waals surface area contributed by atoms with Crippen LogP contribution >= 0.6 is 0 Å². The summed E-state index contributed by atoms with van der Waals surface area (Å²) in [6, 6.07) is 7.33. The minimum absolute atomic E-state index is 0.0321. The zero-order chi connectivity index (χ0) is 17.4. The second-order valence-corrected chi connectivity index (χ2v) is 6.21. The first kappa shape index (κ1) is 15.8. The summed E-state index contributed by atoms with van der Waals surface area (Å²) in [6.07, 6.45) is 2.26. The number of benzene rings is 1. The van der Waals surface area contributed by atoms with Crippen molar-refractivity contribution in [1.29, 1.82) is 0 Å². The van der Waals surface area contributed by atoms with E-state index >= 15 is 0 Å². The van der Waals surface area contributed by atoms with Gasteiger partial charge in [-0.1, -0.05) is 25.1 Å². The van der Waals surface area contributed by atoms with E-state index in [4.69, 9.17) is 4.74 Å². The van der Waals surface area contributed by atoms with Crippen LogP contribution in [-0.2, 0) is 9.53 Å². The minimum Gasteiger partial charge on any atom is -0.378 e. The fourth-order valence-electron chi connectivity index (χ4n) is 3.65. The van der Waals surface area contributed by atoms with Crippen LogP contribution in [0.1, 0.15) is 19.4 Å². The molecular weight excluding hydrogens is 320 g/mol. The molecule has 1 atom stereocenters. The fourth-order valence-corrected chi connectivity index (χ4v) is 3.65. The van der Waals surface area contributed by atoms with Crippen molar-refractivity contribution in [3.05, 3.63) is 40.8 Å². The predicted octanol–water partition coefficient (Wildman–Crippen LogP) is 1.69. The number of aromatic nitrogens is 3. The van der Waals surface area contributed by atoms with Gasteiger partial charge in [0, 0.05) is 23.9 Å². The van der Waals surface area contributed by atoms with Crippen LogP contribution in [0.15, 0.2) is 35.3 Å². The van der Waals surface area contributed by atoms with Crippen LogP contribution in [0.4, 0.5) is 0 Å². The van der Waals surface area contributed by atoms with E-state index in [1.165, 1.54) is 0 Å². The van der Waals surface area contributed by atoms with Crippen LogP contribution in [0.2, 0.25) is 0 Å². The lowest BCUT2D eigenvalue weighted by Crippen LogP contribution is -2.44. The van der Waals surface area contributed by atoms with Crippen molar-refractivity contribution in [2.24, 2.45) is 0 Å². The first-order chi connectivity index (χ1) is 12.2. The molecule has 2 aromatic heterocycles. The van der Waals surface area contributed by atoms with Crippen LogP contribution in [0.5, 0.6) is 0 Å². The summed E-state index contributed by atoms with van der Waals surface area (Å²) in [7, 11) is 0. The topological polar surface area (TPSA) is 80.2 Å². The third-order valence-corrected chi connectivity index (χ3v) is 4.83. The zero-order valence-electron chi connectivity index (χ0n) is 14.1. The molecule has 1 aliphatic rings. The number of hydrogen-bond donors (Lipinski definition) is 1. The quantitative estimate of drug-likeness (QED) is 0.787. The molecule has 1 amide bonds. The summed E-state index contributed by atoms with van der Waals surface area (Å²) in [5.74, 6) is 0.0321. The summed E-state index contributed by atoms with van der Waals surface area (Å²) in [5.41, 5.74) is 1.11. The lowest BCUT2D eigenvalue weighted by atomic mass is 10.1. The predicted molar refractivity (Wildman–Crippen MR) is 94.6 cm³/mol. The standard InChI is InChI=1S/C18H20N4O3/c1-2-14(18(24)21-7-9-25-10-8-21)22-15-6-4-3-5-12(15)13-11-19-20-17(23)16(13)22/h3-6,11,14H,2,7-10H2,1H3,(H,20,23). The van der Waals surface area contributed by atoms with Gasteiger partial charge in [0.05, 0.1) is 24.9 Å². The van der Waals surface area contributed by atoms with E-state index < -0.39 is 6.04 Å². The molecule has 130 valence electrons. The maximum atomic E-state index is 13.1. The van der Waals surface area contributed by atoms with Crippen molar-refractivity contribution in [3.8, 4) is 0 Å². The Kier molecular flexibility index (Phi) is 4.01. The van der Waals surface area contributed by atoms with Gasteiger partial charge in [0.15, 0.2) is 0 Å². The Bertz CT molecular complexity index is 985. The molecule has 0 saturated carbocycles. The molecule has 7 nitrogen and oxygen atoms in total. The van der Waals surface area contributed by atoms with E-state index in [1.54, 1.807) is 6.20 Å². The van der Waals surface area contributed by atoms with Gasteiger partial charge in [0.1, 0.15) is 11.6 Å². The maximum Gasteiger partial charge on any atom is 0.288 e. The van der Waals surface area contributed by atoms with E-state index in [0.29, 0.717) is 38.2 Å². The second-order valence-electron chi connectivity index (χ2n) is 6.21. The molecule has 3 aromatic rings. The van der Waals surface area contributed by atoms with Crippen molar-refractivity contribution in [2.75, 3.05) is 26.3 Å². The number of nitrogens with zero attached hydrogens (tertiary/aromatic N) is 3. The first-order valence-corrected chi connectivity index (χ1v) is 8.55. The number of morpholine rings is 1. The molecule has 3 heterocycles. The molecule has 7 heteroatoms. The highest BCUT2D eigenvalue weighted by Crippen LogP contribution is 2.31. The third-order valence-electron chi connectivity index (χ3n) is 4.83. The number of carbonyl (C=O) groups excluding carboxylic acids is 1. The van der Waals surface area contributed by atoms with E-state index in [0.717, 1.165) is 16.3 Å². The molecule has 1 saturated heterocycles. The second kappa shape index (κ2) is 6.33. The number of nitrogens with one attached hydrogen (secondary N) is 1. The molecule has 1 unspecified atom stereocenters. The summed E-state index contributed by atoms with van der Waals surface area (Å²) in [5, 5.41) is 8.14. The number of hydrogen-bond acceptors (Lipinski definition) is 4. The van der Waals surface area contributed by atoms with E-state index in [1.807, 2.05) is 40.7 Å². The van der Waals surface area contributed by atoms with Gasteiger partial charge >= 0.3 is 0 Å². The average molecular weight is 340 g/mol. The molecular formula is C18H20N4O3. The number of fused-ring (bicyclic) bond motifs is 3. The molecule has 4 rings (SSSR count). The van der Waals surface area contributed by atoms with Crippen LogP contribution in [0.25, 0.3) is 21.8 Å². The fraction of sp³-hybridized carbons (Fsp3) is 0.389. The Labute approximate surface area is 144 Å². The van der Waals surface area contributed by atoms with Gasteiger partial charge in [-0.3, -0.25) is 9.59 Å². The van der Waals surface area contributed by atoms with Crippen molar-refractivity contribution >= 4 is 27.7 Å². The average Bonchev–Trinajstić information content (AvgIpc) is 2.99. The van der Waals surface area contributed by atoms with Crippen LogP contribution < -0.4 is 5.56 Å². The van der Waals surface area contributed by atoms with E-state index in [9.17, 15) is 9.59 Å². The summed E-state index contributed by atoms with van der Waals surface area (Å²) in [4.78, 5) is 27.5.